The van der Waals surface area contributed by atoms with E-state index in [0.717, 1.165) is 11.8 Å². The highest BCUT2D eigenvalue weighted by Gasteiger charge is 2.10. The van der Waals surface area contributed by atoms with Crippen molar-refractivity contribution in [1.29, 1.82) is 0 Å². The molecule has 0 bridgehead atoms. The van der Waals surface area contributed by atoms with Crippen molar-refractivity contribution >= 4 is 23.5 Å². The molecule has 0 aliphatic heterocycles. The van der Waals surface area contributed by atoms with E-state index in [1.165, 1.54) is 68.6 Å². The lowest BCUT2D eigenvalue weighted by molar-refractivity contribution is 0.686. The molecule has 0 aliphatic rings. The Hall–Kier alpha value is -0.0900. The summed E-state index contributed by atoms with van der Waals surface area (Å²) in [7, 11) is 0. The van der Waals surface area contributed by atoms with Gasteiger partial charge in [-0.2, -0.15) is 23.5 Å². The minimum atomic E-state index is 0.729. The SMILES string of the molecule is CCCCCCSCC(Cn1ccnc1)SCCCCCC. The molecule has 0 N–H and O–H groups in total. The molecule has 4 heteroatoms. The van der Waals surface area contributed by atoms with Crippen molar-refractivity contribution in [2.45, 2.75) is 77.0 Å². The normalized spacial score (nSPS) is 12.6. The van der Waals surface area contributed by atoms with E-state index >= 15 is 0 Å². The Kier molecular flexibility index (Phi) is 13.2. The summed E-state index contributed by atoms with van der Waals surface area (Å²) in [5, 5.41) is 0.729. The van der Waals surface area contributed by atoms with Crippen LogP contribution in [-0.4, -0.2) is 32.1 Å². The van der Waals surface area contributed by atoms with Crippen LogP contribution in [0, 0.1) is 0 Å². The Morgan fingerprint density at radius 1 is 0.955 bits per heavy atom. The highest BCUT2D eigenvalue weighted by molar-refractivity contribution is 8.03. The molecule has 128 valence electrons. The van der Waals surface area contributed by atoms with Crippen LogP contribution in [0.15, 0.2) is 18.7 Å². The molecule has 22 heavy (non-hydrogen) atoms. The van der Waals surface area contributed by atoms with Crippen LogP contribution in [0.25, 0.3) is 0 Å². The van der Waals surface area contributed by atoms with Crippen LogP contribution in [0.4, 0.5) is 0 Å². The predicted octanol–water partition coefficient (Wildman–Crippen LogP) is 5.88. The Morgan fingerprint density at radius 3 is 2.32 bits per heavy atom. The number of imidazole rings is 1. The number of hydrogen-bond donors (Lipinski definition) is 0. The average molecular weight is 343 g/mol. The molecule has 0 aliphatic carbocycles. The fraction of sp³-hybridized carbons (Fsp3) is 0.833. The molecular formula is C18H34N2S2. The first-order chi connectivity index (χ1) is 10.9. The van der Waals surface area contributed by atoms with Crippen molar-refractivity contribution in [3.63, 3.8) is 0 Å². The van der Waals surface area contributed by atoms with Gasteiger partial charge in [0.15, 0.2) is 0 Å². The monoisotopic (exact) mass is 342 g/mol. The number of hydrogen-bond acceptors (Lipinski definition) is 3. The maximum absolute atomic E-state index is 4.17. The van der Waals surface area contributed by atoms with Crippen LogP contribution in [0.3, 0.4) is 0 Å². The molecule has 1 heterocycles. The van der Waals surface area contributed by atoms with Crippen LogP contribution in [0.2, 0.25) is 0 Å². The quantitative estimate of drug-likeness (QED) is 0.371. The van der Waals surface area contributed by atoms with E-state index in [0.29, 0.717) is 0 Å². The first kappa shape index (κ1) is 20.0. The fourth-order valence-electron chi connectivity index (χ4n) is 2.41. The molecule has 1 rings (SSSR count). The van der Waals surface area contributed by atoms with Gasteiger partial charge in [0.2, 0.25) is 0 Å². The topological polar surface area (TPSA) is 17.8 Å². The molecular weight excluding hydrogens is 308 g/mol. The van der Waals surface area contributed by atoms with Crippen LogP contribution in [-0.2, 0) is 6.54 Å². The predicted molar refractivity (Wildman–Crippen MR) is 104 cm³/mol. The van der Waals surface area contributed by atoms with E-state index in [2.05, 4.69) is 53.1 Å². The molecule has 1 aromatic heterocycles. The second kappa shape index (κ2) is 14.5. The smallest absolute Gasteiger partial charge is 0.0946 e. The van der Waals surface area contributed by atoms with Crippen molar-refractivity contribution in [3.8, 4) is 0 Å². The third-order valence-corrected chi connectivity index (χ3v) is 6.51. The van der Waals surface area contributed by atoms with E-state index in [-0.39, 0.29) is 0 Å². The highest BCUT2D eigenvalue weighted by atomic mass is 32.2. The molecule has 1 unspecified atom stereocenters. The van der Waals surface area contributed by atoms with Gasteiger partial charge in [-0.05, 0) is 24.3 Å². The summed E-state index contributed by atoms with van der Waals surface area (Å²) >= 11 is 4.32. The molecule has 0 aromatic carbocycles. The lowest BCUT2D eigenvalue weighted by Crippen LogP contribution is -2.16. The Balaban J connectivity index is 2.19. The lowest BCUT2D eigenvalue weighted by atomic mass is 10.2. The molecule has 0 saturated heterocycles. The molecule has 2 nitrogen and oxygen atoms in total. The van der Waals surface area contributed by atoms with Gasteiger partial charge >= 0.3 is 0 Å². The Bertz CT molecular complexity index is 328. The molecule has 0 radical (unpaired) electrons. The largest absolute Gasteiger partial charge is 0.336 e. The fourth-order valence-corrected chi connectivity index (χ4v) is 5.01. The zero-order valence-electron chi connectivity index (χ0n) is 14.5. The Morgan fingerprint density at radius 2 is 1.68 bits per heavy atom. The average Bonchev–Trinajstić information content (AvgIpc) is 3.03. The molecule has 0 fully saturated rings. The summed E-state index contributed by atoms with van der Waals surface area (Å²) in [5.74, 6) is 3.93. The van der Waals surface area contributed by atoms with Crippen LogP contribution in [0.1, 0.15) is 65.2 Å². The standard InChI is InChI=1S/C18H34N2S2/c1-3-5-7-9-13-21-16-18(15-20-12-11-19-17-20)22-14-10-8-6-4-2/h11-12,17-18H,3-10,13-16H2,1-2H3. The highest BCUT2D eigenvalue weighted by Crippen LogP contribution is 2.21. The Labute approximate surface area is 146 Å². The van der Waals surface area contributed by atoms with Gasteiger partial charge in [-0.15, -0.1) is 0 Å². The van der Waals surface area contributed by atoms with E-state index < -0.39 is 0 Å². The lowest BCUT2D eigenvalue weighted by Gasteiger charge is -2.17. The minimum Gasteiger partial charge on any atom is -0.336 e. The van der Waals surface area contributed by atoms with Gasteiger partial charge < -0.3 is 4.57 Å². The van der Waals surface area contributed by atoms with Crippen molar-refractivity contribution in [2.24, 2.45) is 0 Å². The van der Waals surface area contributed by atoms with Gasteiger partial charge in [-0.3, -0.25) is 0 Å². The van der Waals surface area contributed by atoms with Crippen LogP contribution in [0.5, 0.6) is 0 Å². The van der Waals surface area contributed by atoms with Crippen LogP contribution >= 0.6 is 23.5 Å². The first-order valence-corrected chi connectivity index (χ1v) is 11.2. The van der Waals surface area contributed by atoms with Crippen LogP contribution < -0.4 is 0 Å². The van der Waals surface area contributed by atoms with E-state index in [1.54, 1.807) is 0 Å². The van der Waals surface area contributed by atoms with Crippen molar-refractivity contribution in [2.75, 3.05) is 17.3 Å². The summed E-state index contributed by atoms with van der Waals surface area (Å²) in [6.07, 6.45) is 16.9. The van der Waals surface area contributed by atoms with Gasteiger partial charge in [0.1, 0.15) is 0 Å². The van der Waals surface area contributed by atoms with Gasteiger partial charge in [0, 0.05) is 29.9 Å². The molecule has 0 amide bonds. The summed E-state index contributed by atoms with van der Waals surface area (Å²) in [5.41, 5.74) is 0. The summed E-state index contributed by atoms with van der Waals surface area (Å²) in [6, 6.07) is 0. The maximum atomic E-state index is 4.17. The van der Waals surface area contributed by atoms with E-state index in [4.69, 9.17) is 0 Å². The number of nitrogens with zero attached hydrogens (tertiary/aromatic N) is 2. The number of aromatic nitrogens is 2. The van der Waals surface area contributed by atoms with Crippen molar-refractivity contribution in [1.82, 2.24) is 9.55 Å². The molecule has 0 spiro atoms. The molecule has 0 saturated carbocycles. The maximum Gasteiger partial charge on any atom is 0.0946 e. The van der Waals surface area contributed by atoms with Gasteiger partial charge in [0.05, 0.1) is 6.33 Å². The van der Waals surface area contributed by atoms with E-state index in [1.807, 2.05) is 12.5 Å². The molecule has 1 aromatic rings. The van der Waals surface area contributed by atoms with E-state index in [9.17, 15) is 0 Å². The third kappa shape index (κ3) is 10.6. The summed E-state index contributed by atoms with van der Waals surface area (Å²) < 4.78 is 2.24. The zero-order chi connectivity index (χ0) is 15.9. The van der Waals surface area contributed by atoms with Gasteiger partial charge in [-0.1, -0.05) is 52.4 Å². The second-order valence-corrected chi connectivity index (χ2v) is 8.51. The second-order valence-electron chi connectivity index (χ2n) is 5.95. The van der Waals surface area contributed by atoms with Crippen molar-refractivity contribution in [3.05, 3.63) is 18.7 Å². The number of thioether (sulfide) groups is 2. The number of unbranched alkanes of at least 4 members (excludes halogenated alkanes) is 6. The van der Waals surface area contributed by atoms with Gasteiger partial charge in [0.25, 0.3) is 0 Å². The molecule has 1 atom stereocenters. The summed E-state index contributed by atoms with van der Waals surface area (Å²) in [4.78, 5) is 4.17. The van der Waals surface area contributed by atoms with Crippen molar-refractivity contribution < 1.29 is 0 Å². The third-order valence-electron chi connectivity index (χ3n) is 3.77. The summed E-state index contributed by atoms with van der Waals surface area (Å²) in [6.45, 7) is 5.67. The number of rotatable bonds is 15. The first-order valence-electron chi connectivity index (χ1n) is 9.01. The zero-order valence-corrected chi connectivity index (χ0v) is 16.1. The van der Waals surface area contributed by atoms with Gasteiger partial charge in [-0.25, -0.2) is 4.98 Å². The minimum absolute atomic E-state index is 0.729.